The molecule has 2 aromatic heterocycles. The fourth-order valence-corrected chi connectivity index (χ4v) is 3.56. The van der Waals surface area contributed by atoms with Crippen molar-refractivity contribution in [1.29, 1.82) is 0 Å². The zero-order chi connectivity index (χ0) is 20.7. The van der Waals surface area contributed by atoms with Crippen molar-refractivity contribution < 1.29 is 19.7 Å². The number of likely N-dealkylation sites (N-methyl/N-ethyl adjacent to an activating group) is 1. The number of ether oxygens (including phenoxy) is 1. The number of hydrogen-bond acceptors (Lipinski definition) is 8. The van der Waals surface area contributed by atoms with Crippen LogP contribution in [0.25, 0.3) is 11.2 Å². The van der Waals surface area contributed by atoms with E-state index >= 15 is 0 Å². The van der Waals surface area contributed by atoms with E-state index in [0.29, 0.717) is 17.0 Å². The maximum atomic E-state index is 11.9. The lowest BCUT2D eigenvalue weighted by molar-refractivity contribution is -0.137. The van der Waals surface area contributed by atoms with Gasteiger partial charge in [0.1, 0.15) is 18.5 Å². The van der Waals surface area contributed by atoms with Crippen molar-refractivity contribution >= 4 is 28.6 Å². The third-order valence-corrected chi connectivity index (χ3v) is 4.86. The number of anilines is 2. The number of carbonyl (C=O) groups excluding carboxylic acids is 1. The van der Waals surface area contributed by atoms with Crippen LogP contribution < -0.4 is 10.6 Å². The predicted molar refractivity (Wildman–Crippen MR) is 105 cm³/mol. The lowest BCUT2D eigenvalue weighted by atomic mass is 10.1. The number of aryl methyl sites for hydroxylation is 2. The van der Waals surface area contributed by atoms with E-state index in [1.165, 1.54) is 24.3 Å². The molecule has 1 saturated heterocycles. The normalized spacial score (nSPS) is 24.0. The summed E-state index contributed by atoms with van der Waals surface area (Å²) >= 11 is 0. The predicted octanol–water partition coefficient (Wildman–Crippen LogP) is 0.552. The standard InChI is InChI=1S/C19H22N6O4/c1-9-4-10(2)6-11(5-9)24-16-12-17(22-7-21-16)25(8-23-12)19-14(27)13(26)15(29-19)18(28)20-3/h4-8,13-15,19,26-27H,1-3H3,(H,20,28)(H,21,22,24)/t13-,14+,15-,19+/m0/s1. The van der Waals surface area contributed by atoms with Crippen LogP contribution in [0.2, 0.25) is 0 Å². The fourth-order valence-electron chi connectivity index (χ4n) is 3.56. The van der Waals surface area contributed by atoms with Gasteiger partial charge in [0.25, 0.3) is 5.91 Å². The van der Waals surface area contributed by atoms with Crippen LogP contribution in [-0.2, 0) is 9.53 Å². The number of aliphatic hydroxyl groups excluding tert-OH is 2. The lowest BCUT2D eigenvalue weighted by Crippen LogP contribution is -2.41. The molecule has 3 heterocycles. The molecule has 4 N–H and O–H groups in total. The number of carbonyl (C=O) groups is 1. The van der Waals surface area contributed by atoms with Gasteiger partial charge in [-0.15, -0.1) is 0 Å². The molecule has 0 radical (unpaired) electrons. The van der Waals surface area contributed by atoms with E-state index in [9.17, 15) is 15.0 Å². The minimum Gasteiger partial charge on any atom is -0.387 e. The van der Waals surface area contributed by atoms with E-state index in [0.717, 1.165) is 16.8 Å². The van der Waals surface area contributed by atoms with Crippen LogP contribution in [0.3, 0.4) is 0 Å². The highest BCUT2D eigenvalue weighted by atomic mass is 16.6. The van der Waals surface area contributed by atoms with E-state index in [4.69, 9.17) is 4.74 Å². The van der Waals surface area contributed by atoms with Crippen LogP contribution in [-0.4, -0.2) is 61.0 Å². The van der Waals surface area contributed by atoms with Crippen molar-refractivity contribution in [1.82, 2.24) is 24.8 Å². The average molecular weight is 398 g/mol. The Hall–Kier alpha value is -3.08. The van der Waals surface area contributed by atoms with Gasteiger partial charge in [-0.25, -0.2) is 15.0 Å². The van der Waals surface area contributed by atoms with Crippen LogP contribution in [0, 0.1) is 13.8 Å². The molecule has 29 heavy (non-hydrogen) atoms. The maximum absolute atomic E-state index is 11.9. The summed E-state index contributed by atoms with van der Waals surface area (Å²) in [6.07, 6.45) is -2.07. The molecular formula is C19H22N6O4. The number of aromatic nitrogens is 4. The largest absolute Gasteiger partial charge is 0.387 e. The van der Waals surface area contributed by atoms with Crippen molar-refractivity contribution in [2.75, 3.05) is 12.4 Å². The molecule has 3 aromatic rings. The third-order valence-electron chi connectivity index (χ3n) is 4.86. The van der Waals surface area contributed by atoms with Gasteiger partial charge in [-0.05, 0) is 37.1 Å². The minimum absolute atomic E-state index is 0.403. The van der Waals surface area contributed by atoms with Crippen molar-refractivity contribution in [3.63, 3.8) is 0 Å². The molecule has 10 nitrogen and oxygen atoms in total. The van der Waals surface area contributed by atoms with Gasteiger partial charge < -0.3 is 25.6 Å². The number of imidazole rings is 1. The first-order valence-corrected chi connectivity index (χ1v) is 9.15. The highest BCUT2D eigenvalue weighted by molar-refractivity contribution is 5.85. The van der Waals surface area contributed by atoms with Gasteiger partial charge in [-0.2, -0.15) is 0 Å². The summed E-state index contributed by atoms with van der Waals surface area (Å²) < 4.78 is 7.10. The monoisotopic (exact) mass is 398 g/mol. The van der Waals surface area contributed by atoms with E-state index in [2.05, 4.69) is 31.7 Å². The van der Waals surface area contributed by atoms with Crippen LogP contribution in [0.15, 0.2) is 30.9 Å². The first kappa shape index (κ1) is 19.2. The van der Waals surface area contributed by atoms with E-state index in [1.807, 2.05) is 26.0 Å². The van der Waals surface area contributed by atoms with Crippen LogP contribution in [0.4, 0.5) is 11.5 Å². The molecule has 0 aliphatic carbocycles. The molecule has 1 aliphatic rings. The second-order valence-electron chi connectivity index (χ2n) is 7.09. The molecule has 1 amide bonds. The summed E-state index contributed by atoms with van der Waals surface area (Å²) in [6.45, 7) is 4.02. The first-order valence-electron chi connectivity index (χ1n) is 9.15. The topological polar surface area (TPSA) is 134 Å². The Morgan fingerprint density at radius 3 is 2.52 bits per heavy atom. The Morgan fingerprint density at radius 2 is 1.83 bits per heavy atom. The number of nitrogens with zero attached hydrogens (tertiary/aromatic N) is 4. The molecule has 0 unspecified atom stereocenters. The van der Waals surface area contributed by atoms with Crippen molar-refractivity contribution in [3.05, 3.63) is 42.0 Å². The molecular weight excluding hydrogens is 376 g/mol. The van der Waals surface area contributed by atoms with Gasteiger partial charge in [0.15, 0.2) is 29.3 Å². The zero-order valence-corrected chi connectivity index (χ0v) is 16.2. The number of nitrogens with one attached hydrogen (secondary N) is 2. The summed E-state index contributed by atoms with van der Waals surface area (Å²) in [6, 6.07) is 6.06. The maximum Gasteiger partial charge on any atom is 0.251 e. The highest BCUT2D eigenvalue weighted by Crippen LogP contribution is 2.33. The molecule has 152 valence electrons. The van der Waals surface area contributed by atoms with Gasteiger partial charge in [-0.1, -0.05) is 6.07 Å². The molecule has 1 fully saturated rings. The first-order chi connectivity index (χ1) is 13.9. The summed E-state index contributed by atoms with van der Waals surface area (Å²) in [7, 11) is 1.43. The van der Waals surface area contributed by atoms with E-state index in [-0.39, 0.29) is 0 Å². The van der Waals surface area contributed by atoms with Crippen molar-refractivity contribution in [2.45, 2.75) is 38.4 Å². The second-order valence-corrected chi connectivity index (χ2v) is 7.09. The molecule has 4 rings (SSSR count). The average Bonchev–Trinajstić information content (AvgIpc) is 3.23. The van der Waals surface area contributed by atoms with Crippen molar-refractivity contribution in [3.8, 4) is 0 Å². The zero-order valence-electron chi connectivity index (χ0n) is 16.2. The Kier molecular flexibility index (Phi) is 4.91. The molecule has 4 atom stereocenters. The summed E-state index contributed by atoms with van der Waals surface area (Å²) in [5.74, 6) is -0.0232. The number of fused-ring (bicyclic) bond motifs is 1. The third kappa shape index (κ3) is 3.41. The highest BCUT2D eigenvalue weighted by Gasteiger charge is 2.47. The SMILES string of the molecule is CNC(=O)[C@H]1O[C@@H](n2cnc3c(Nc4cc(C)cc(C)c4)ncnc32)[C@H](O)[C@@H]1O. The summed E-state index contributed by atoms with van der Waals surface area (Å²) in [5, 5.41) is 26.2. The van der Waals surface area contributed by atoms with Gasteiger partial charge in [0.2, 0.25) is 0 Å². The summed E-state index contributed by atoms with van der Waals surface area (Å²) in [5.41, 5.74) is 3.96. The Morgan fingerprint density at radius 1 is 1.10 bits per heavy atom. The fraction of sp³-hybridized carbons (Fsp3) is 0.368. The number of rotatable bonds is 4. The molecule has 0 saturated carbocycles. The molecule has 1 aliphatic heterocycles. The molecule has 10 heteroatoms. The lowest BCUT2D eigenvalue weighted by Gasteiger charge is -2.16. The smallest absolute Gasteiger partial charge is 0.251 e. The Balaban J connectivity index is 1.68. The van der Waals surface area contributed by atoms with E-state index < -0.39 is 30.4 Å². The van der Waals surface area contributed by atoms with Crippen LogP contribution >= 0.6 is 0 Å². The molecule has 1 aromatic carbocycles. The number of aliphatic hydroxyl groups is 2. The Bertz CT molecular complexity index is 1050. The van der Waals surface area contributed by atoms with Crippen LogP contribution in [0.5, 0.6) is 0 Å². The number of hydrogen-bond donors (Lipinski definition) is 4. The van der Waals surface area contributed by atoms with E-state index in [1.54, 1.807) is 0 Å². The summed E-state index contributed by atoms with van der Waals surface area (Å²) in [4.78, 5) is 24.8. The molecule has 0 bridgehead atoms. The van der Waals surface area contributed by atoms with Crippen LogP contribution in [0.1, 0.15) is 17.4 Å². The van der Waals surface area contributed by atoms with Gasteiger partial charge in [0, 0.05) is 12.7 Å². The van der Waals surface area contributed by atoms with Gasteiger partial charge >= 0.3 is 0 Å². The quantitative estimate of drug-likeness (QED) is 0.501. The number of benzene rings is 1. The Labute approximate surface area is 166 Å². The van der Waals surface area contributed by atoms with Crippen molar-refractivity contribution in [2.24, 2.45) is 0 Å². The number of amides is 1. The second kappa shape index (κ2) is 7.39. The molecule has 0 spiro atoms. The van der Waals surface area contributed by atoms with Gasteiger partial charge in [0.05, 0.1) is 6.33 Å². The van der Waals surface area contributed by atoms with Gasteiger partial charge in [-0.3, -0.25) is 9.36 Å². The minimum atomic E-state index is -1.37.